The van der Waals surface area contributed by atoms with E-state index in [9.17, 15) is 13.2 Å². The molecule has 1 unspecified atom stereocenters. The summed E-state index contributed by atoms with van der Waals surface area (Å²) in [4.78, 5) is 0. The smallest absolute Gasteiger partial charge is 0.407 e. The molecule has 18 heavy (non-hydrogen) atoms. The van der Waals surface area contributed by atoms with Gasteiger partial charge in [-0.2, -0.15) is 13.2 Å². The summed E-state index contributed by atoms with van der Waals surface area (Å²) in [5.41, 5.74) is -0.363. The Labute approximate surface area is 106 Å². The monoisotopic (exact) mass is 274 g/mol. The SMILES string of the molecule is C=C(C(O[Si](C)(C)C)c1ccccc1)C(F)(F)F. The Morgan fingerprint density at radius 1 is 1.17 bits per heavy atom. The molecule has 0 saturated heterocycles. The summed E-state index contributed by atoms with van der Waals surface area (Å²) in [7, 11) is -2.11. The van der Waals surface area contributed by atoms with E-state index >= 15 is 0 Å². The topological polar surface area (TPSA) is 9.23 Å². The molecule has 1 aromatic rings. The maximum absolute atomic E-state index is 12.8. The normalized spacial score (nSPS) is 14.3. The zero-order chi connectivity index (χ0) is 14.0. The maximum atomic E-state index is 12.8. The van der Waals surface area contributed by atoms with Gasteiger partial charge in [0.05, 0.1) is 5.57 Å². The molecule has 0 aliphatic carbocycles. The van der Waals surface area contributed by atoms with Crippen LogP contribution in [-0.4, -0.2) is 14.5 Å². The third-order valence-electron chi connectivity index (χ3n) is 2.25. The van der Waals surface area contributed by atoms with E-state index in [-0.39, 0.29) is 0 Å². The number of hydrogen-bond acceptors (Lipinski definition) is 1. The van der Waals surface area contributed by atoms with Crippen LogP contribution in [0.2, 0.25) is 19.6 Å². The third-order valence-corrected chi connectivity index (χ3v) is 3.20. The highest BCUT2D eigenvalue weighted by molar-refractivity contribution is 6.69. The van der Waals surface area contributed by atoms with Crippen molar-refractivity contribution in [2.24, 2.45) is 0 Å². The molecule has 100 valence electrons. The van der Waals surface area contributed by atoms with Crippen molar-refractivity contribution >= 4 is 8.32 Å². The van der Waals surface area contributed by atoms with E-state index in [1.165, 1.54) is 0 Å². The van der Waals surface area contributed by atoms with Crippen LogP contribution in [-0.2, 0) is 4.43 Å². The summed E-state index contributed by atoms with van der Waals surface area (Å²) in [6.07, 6.45) is -5.56. The van der Waals surface area contributed by atoms with Crippen molar-refractivity contribution in [2.75, 3.05) is 0 Å². The predicted octanol–water partition coefficient (Wildman–Crippen LogP) is 4.70. The lowest BCUT2D eigenvalue weighted by Gasteiger charge is -2.29. The minimum atomic E-state index is -4.44. The summed E-state index contributed by atoms with van der Waals surface area (Å²) in [5, 5.41) is 0. The second-order valence-electron chi connectivity index (χ2n) is 5.04. The van der Waals surface area contributed by atoms with Crippen LogP contribution in [0.15, 0.2) is 42.5 Å². The largest absolute Gasteiger partial charge is 0.414 e. The molecule has 1 nitrogen and oxygen atoms in total. The fourth-order valence-corrected chi connectivity index (χ4v) is 2.46. The first-order valence-corrected chi connectivity index (χ1v) is 9.01. The standard InChI is InChI=1S/C13H17F3OSi/c1-10(13(14,15)16)12(17-18(2,3)4)11-8-6-5-7-9-11/h5-9,12H,1H2,2-4H3. The van der Waals surface area contributed by atoms with Crippen molar-refractivity contribution in [3.8, 4) is 0 Å². The molecule has 5 heteroatoms. The van der Waals surface area contributed by atoms with Crippen LogP contribution >= 0.6 is 0 Å². The number of benzene rings is 1. The van der Waals surface area contributed by atoms with Crippen LogP contribution in [0, 0.1) is 0 Å². The zero-order valence-electron chi connectivity index (χ0n) is 10.7. The summed E-state index contributed by atoms with van der Waals surface area (Å²) >= 11 is 0. The molecule has 0 heterocycles. The molecule has 0 aliphatic rings. The van der Waals surface area contributed by atoms with Crippen LogP contribution in [0.5, 0.6) is 0 Å². The van der Waals surface area contributed by atoms with Gasteiger partial charge in [0.15, 0.2) is 8.32 Å². The number of hydrogen-bond donors (Lipinski definition) is 0. The van der Waals surface area contributed by atoms with Gasteiger partial charge in [-0.3, -0.25) is 0 Å². The molecular weight excluding hydrogens is 257 g/mol. The van der Waals surface area contributed by atoms with E-state index < -0.39 is 26.2 Å². The lowest BCUT2D eigenvalue weighted by Crippen LogP contribution is -2.31. The Morgan fingerprint density at radius 3 is 2.06 bits per heavy atom. The molecule has 0 N–H and O–H groups in total. The summed E-state index contributed by atoms with van der Waals surface area (Å²) in [5.74, 6) is 0. The lowest BCUT2D eigenvalue weighted by atomic mass is 10.0. The van der Waals surface area contributed by atoms with Crippen LogP contribution in [0.1, 0.15) is 11.7 Å². The van der Waals surface area contributed by atoms with Gasteiger partial charge >= 0.3 is 6.18 Å². The van der Waals surface area contributed by atoms with Crippen molar-refractivity contribution < 1.29 is 17.6 Å². The van der Waals surface area contributed by atoms with Gasteiger partial charge in [0.25, 0.3) is 0 Å². The van der Waals surface area contributed by atoms with Gasteiger partial charge in [0.1, 0.15) is 6.10 Å². The first-order valence-electron chi connectivity index (χ1n) is 5.60. The van der Waals surface area contributed by atoms with Crippen molar-refractivity contribution in [2.45, 2.75) is 31.9 Å². The van der Waals surface area contributed by atoms with Gasteiger partial charge in [-0.15, -0.1) is 0 Å². The Kier molecular flexibility index (Phi) is 4.40. The first-order chi connectivity index (χ1) is 8.11. The van der Waals surface area contributed by atoms with Crippen molar-refractivity contribution in [3.63, 3.8) is 0 Å². The van der Waals surface area contributed by atoms with Crippen molar-refractivity contribution in [1.29, 1.82) is 0 Å². The van der Waals surface area contributed by atoms with Crippen LogP contribution in [0.4, 0.5) is 13.2 Å². The molecule has 0 amide bonds. The predicted molar refractivity (Wildman–Crippen MR) is 68.8 cm³/mol. The van der Waals surface area contributed by atoms with Crippen LogP contribution < -0.4 is 0 Å². The van der Waals surface area contributed by atoms with E-state index in [0.717, 1.165) is 0 Å². The second kappa shape index (κ2) is 5.28. The number of halogens is 3. The fourth-order valence-electron chi connectivity index (χ4n) is 1.47. The number of rotatable bonds is 4. The fraction of sp³-hybridized carbons (Fsp3) is 0.385. The van der Waals surface area contributed by atoms with E-state index in [1.54, 1.807) is 30.3 Å². The van der Waals surface area contributed by atoms with Gasteiger partial charge < -0.3 is 4.43 Å². The van der Waals surface area contributed by atoms with Gasteiger partial charge in [0.2, 0.25) is 0 Å². The third kappa shape index (κ3) is 4.31. The van der Waals surface area contributed by atoms with Gasteiger partial charge in [0, 0.05) is 0 Å². The molecule has 0 aliphatic heterocycles. The molecule has 0 spiro atoms. The molecule has 0 aromatic heterocycles. The summed E-state index contributed by atoms with van der Waals surface area (Å²) < 4.78 is 44.0. The van der Waals surface area contributed by atoms with E-state index in [4.69, 9.17) is 4.43 Å². The van der Waals surface area contributed by atoms with E-state index in [1.807, 2.05) is 19.6 Å². The zero-order valence-corrected chi connectivity index (χ0v) is 11.7. The average molecular weight is 274 g/mol. The highest BCUT2D eigenvalue weighted by atomic mass is 28.4. The number of alkyl halides is 3. The first kappa shape index (κ1) is 15.0. The maximum Gasteiger partial charge on any atom is 0.414 e. The molecule has 1 aromatic carbocycles. The Balaban J connectivity index is 3.08. The summed E-state index contributed by atoms with van der Waals surface area (Å²) in [6, 6.07) is 8.40. The van der Waals surface area contributed by atoms with E-state index in [2.05, 4.69) is 6.58 Å². The second-order valence-corrected chi connectivity index (χ2v) is 9.50. The molecule has 0 radical (unpaired) electrons. The highest BCUT2D eigenvalue weighted by Gasteiger charge is 2.39. The highest BCUT2D eigenvalue weighted by Crippen LogP contribution is 2.38. The molecule has 0 fully saturated rings. The van der Waals surface area contributed by atoms with Gasteiger partial charge in [-0.1, -0.05) is 36.9 Å². The quantitative estimate of drug-likeness (QED) is 0.571. The van der Waals surface area contributed by atoms with Gasteiger partial charge in [-0.25, -0.2) is 0 Å². The van der Waals surface area contributed by atoms with Crippen molar-refractivity contribution in [1.82, 2.24) is 0 Å². The molecule has 0 bridgehead atoms. The van der Waals surface area contributed by atoms with Crippen LogP contribution in [0.25, 0.3) is 0 Å². The average Bonchev–Trinajstić information content (AvgIpc) is 2.24. The minimum Gasteiger partial charge on any atom is -0.407 e. The van der Waals surface area contributed by atoms with E-state index in [0.29, 0.717) is 5.56 Å². The Bertz CT molecular complexity index is 406. The molecule has 0 saturated carbocycles. The Hall–Kier alpha value is -1.07. The molecule has 1 rings (SSSR count). The Morgan fingerprint density at radius 2 is 1.67 bits per heavy atom. The van der Waals surface area contributed by atoms with Crippen LogP contribution in [0.3, 0.4) is 0 Å². The van der Waals surface area contributed by atoms with Crippen molar-refractivity contribution in [3.05, 3.63) is 48.0 Å². The van der Waals surface area contributed by atoms with Gasteiger partial charge in [-0.05, 0) is 25.2 Å². The molecule has 1 atom stereocenters. The summed E-state index contributed by atoms with van der Waals surface area (Å²) in [6.45, 7) is 8.72. The molecular formula is C13H17F3OSi. The minimum absolute atomic E-state index is 0.488. The lowest BCUT2D eigenvalue weighted by molar-refractivity contribution is -0.104.